The predicted octanol–water partition coefficient (Wildman–Crippen LogP) is 3.49. The largest absolute Gasteiger partial charge is 0.464 e. The molecule has 178 valence electrons. The molecule has 4 fully saturated rings. The Kier molecular flexibility index (Phi) is 4.51. The molecule has 33 heavy (non-hydrogen) atoms. The van der Waals surface area contributed by atoms with E-state index in [4.69, 9.17) is 9.31 Å². The SMILES string of the molecule is CC1(C)OB(C23CC(C(F)(F)C(O)(Cn4cnnn4)c4ccc(F)cc4F)(C2)C3)OC1(C)C. The first-order chi connectivity index (χ1) is 15.2. The Morgan fingerprint density at radius 3 is 2.21 bits per heavy atom. The standard InChI is InChI=1S/C21H25BF4N4O3/c1-16(2)17(3,4)33-22(32-16)19-8-18(9-19,10-19)21(25,26)20(31,11-30-12-27-28-29-30)14-6-5-13(23)7-15(14)24/h5-7,12,31H,8-11H2,1-4H3. The van der Waals surface area contributed by atoms with Gasteiger partial charge in [0.15, 0.2) is 5.60 Å². The van der Waals surface area contributed by atoms with Crippen LogP contribution in [0.1, 0.15) is 52.5 Å². The highest BCUT2D eigenvalue weighted by atomic mass is 19.3. The summed E-state index contributed by atoms with van der Waals surface area (Å²) < 4.78 is 73.7. The maximum atomic E-state index is 16.2. The van der Waals surface area contributed by atoms with Gasteiger partial charge in [-0.3, -0.25) is 0 Å². The summed E-state index contributed by atoms with van der Waals surface area (Å²) in [4.78, 5) is 0. The normalized spacial score (nSPS) is 31.6. The molecule has 1 aliphatic heterocycles. The average molecular weight is 468 g/mol. The summed E-state index contributed by atoms with van der Waals surface area (Å²) in [6.07, 6.45) is 1.19. The van der Waals surface area contributed by atoms with Crippen LogP contribution in [0.5, 0.6) is 0 Å². The molecular formula is C21H25BF4N4O3. The fourth-order valence-corrected chi connectivity index (χ4v) is 5.65. The van der Waals surface area contributed by atoms with Gasteiger partial charge in [-0.2, -0.15) is 0 Å². The van der Waals surface area contributed by atoms with Crippen molar-refractivity contribution in [3.8, 4) is 0 Å². The second-order valence-corrected chi connectivity index (χ2v) is 10.8. The first-order valence-electron chi connectivity index (χ1n) is 10.8. The number of alkyl halides is 2. The second-order valence-electron chi connectivity index (χ2n) is 10.8. The minimum atomic E-state index is -3.78. The summed E-state index contributed by atoms with van der Waals surface area (Å²) in [7, 11) is -0.643. The number of tetrazole rings is 1. The van der Waals surface area contributed by atoms with E-state index in [1.807, 2.05) is 27.7 Å². The Bertz CT molecular complexity index is 1060. The Hall–Kier alpha value is -2.05. The highest BCUT2D eigenvalue weighted by molar-refractivity contribution is 6.51. The predicted molar refractivity (Wildman–Crippen MR) is 108 cm³/mol. The van der Waals surface area contributed by atoms with Crippen molar-refractivity contribution in [2.45, 2.75) is 81.5 Å². The van der Waals surface area contributed by atoms with Gasteiger partial charge in [-0.05, 0) is 69.5 Å². The number of hydrogen-bond donors (Lipinski definition) is 1. The van der Waals surface area contributed by atoms with Crippen molar-refractivity contribution in [3.05, 3.63) is 41.7 Å². The number of nitrogens with zero attached hydrogens (tertiary/aromatic N) is 4. The number of aromatic nitrogens is 4. The lowest BCUT2D eigenvalue weighted by atomic mass is 9.22. The molecule has 0 amide bonds. The third kappa shape index (κ3) is 2.89. The molecular weight excluding hydrogens is 443 g/mol. The lowest BCUT2D eigenvalue weighted by molar-refractivity contribution is -0.335. The number of aliphatic hydroxyl groups is 1. The maximum Gasteiger partial charge on any atom is 0.464 e. The van der Waals surface area contributed by atoms with Gasteiger partial charge in [0.2, 0.25) is 0 Å². The summed E-state index contributed by atoms with van der Waals surface area (Å²) in [6.45, 7) is 6.77. The Balaban J connectivity index is 1.46. The molecule has 2 heterocycles. The van der Waals surface area contributed by atoms with Crippen molar-refractivity contribution >= 4 is 7.12 Å². The van der Waals surface area contributed by atoms with Crippen LogP contribution in [-0.4, -0.2) is 49.6 Å². The monoisotopic (exact) mass is 468 g/mol. The Morgan fingerprint density at radius 1 is 1.09 bits per heavy atom. The van der Waals surface area contributed by atoms with E-state index in [-0.39, 0.29) is 19.3 Å². The highest BCUT2D eigenvalue weighted by Crippen LogP contribution is 2.86. The fourth-order valence-electron chi connectivity index (χ4n) is 5.65. The second kappa shape index (κ2) is 6.54. The molecule has 4 aliphatic rings. The first-order valence-corrected chi connectivity index (χ1v) is 10.8. The molecule has 1 aromatic carbocycles. The van der Waals surface area contributed by atoms with Crippen LogP contribution in [0.2, 0.25) is 5.31 Å². The van der Waals surface area contributed by atoms with Crippen LogP contribution in [-0.2, 0) is 21.5 Å². The third-order valence-electron chi connectivity index (χ3n) is 8.17. The molecule has 1 unspecified atom stereocenters. The number of benzene rings is 1. The lowest BCUT2D eigenvalue weighted by Gasteiger charge is -2.74. The summed E-state index contributed by atoms with van der Waals surface area (Å²) in [6, 6.07) is 2.16. The van der Waals surface area contributed by atoms with E-state index in [0.29, 0.717) is 6.07 Å². The minimum Gasteiger partial charge on any atom is -0.403 e. The summed E-state index contributed by atoms with van der Waals surface area (Å²) >= 11 is 0. The van der Waals surface area contributed by atoms with Gasteiger partial charge in [0, 0.05) is 22.4 Å². The quantitative estimate of drug-likeness (QED) is 0.517. The zero-order chi connectivity index (χ0) is 24.1. The summed E-state index contributed by atoms with van der Waals surface area (Å²) in [5.41, 5.74) is -6.50. The van der Waals surface area contributed by atoms with Gasteiger partial charge in [-0.25, -0.2) is 22.2 Å². The van der Waals surface area contributed by atoms with Crippen LogP contribution >= 0.6 is 0 Å². The van der Waals surface area contributed by atoms with Crippen LogP contribution in [0.25, 0.3) is 0 Å². The van der Waals surface area contributed by atoms with Crippen LogP contribution in [0.4, 0.5) is 17.6 Å². The molecule has 3 aliphatic carbocycles. The smallest absolute Gasteiger partial charge is 0.403 e. The zero-order valence-corrected chi connectivity index (χ0v) is 18.8. The van der Waals surface area contributed by atoms with Gasteiger partial charge in [0.25, 0.3) is 5.92 Å². The van der Waals surface area contributed by atoms with Crippen molar-refractivity contribution in [2.75, 3.05) is 0 Å². The van der Waals surface area contributed by atoms with Gasteiger partial charge in [0.05, 0.1) is 17.7 Å². The fraction of sp³-hybridized carbons (Fsp3) is 0.667. The van der Waals surface area contributed by atoms with E-state index in [1.54, 1.807) is 0 Å². The van der Waals surface area contributed by atoms with E-state index < -0.39 is 64.3 Å². The van der Waals surface area contributed by atoms with Crippen LogP contribution in [0, 0.1) is 17.0 Å². The summed E-state index contributed by atoms with van der Waals surface area (Å²) in [5, 5.41) is 21.2. The van der Waals surface area contributed by atoms with E-state index in [9.17, 15) is 13.9 Å². The van der Waals surface area contributed by atoms with Gasteiger partial charge in [0.1, 0.15) is 18.0 Å². The molecule has 1 atom stereocenters. The Labute approximate surface area is 188 Å². The molecule has 0 spiro atoms. The number of halogens is 4. The van der Waals surface area contributed by atoms with Crippen molar-refractivity contribution in [1.82, 2.24) is 20.2 Å². The van der Waals surface area contributed by atoms with Crippen molar-refractivity contribution in [3.63, 3.8) is 0 Å². The molecule has 1 aromatic heterocycles. The third-order valence-corrected chi connectivity index (χ3v) is 8.17. The van der Waals surface area contributed by atoms with Gasteiger partial charge in [-0.1, -0.05) is 0 Å². The minimum absolute atomic E-state index is 0.0462. The Morgan fingerprint density at radius 2 is 1.70 bits per heavy atom. The van der Waals surface area contributed by atoms with Crippen molar-refractivity contribution in [2.24, 2.45) is 5.41 Å². The van der Waals surface area contributed by atoms with E-state index >= 15 is 8.78 Å². The van der Waals surface area contributed by atoms with E-state index in [1.165, 1.54) is 0 Å². The number of hydrogen-bond acceptors (Lipinski definition) is 6. The van der Waals surface area contributed by atoms with E-state index in [2.05, 4.69) is 15.5 Å². The maximum absolute atomic E-state index is 16.2. The van der Waals surface area contributed by atoms with Crippen molar-refractivity contribution < 1.29 is 32.0 Å². The van der Waals surface area contributed by atoms with Crippen LogP contribution < -0.4 is 0 Å². The highest BCUT2D eigenvalue weighted by Gasteiger charge is 2.86. The zero-order valence-electron chi connectivity index (χ0n) is 18.8. The van der Waals surface area contributed by atoms with Crippen LogP contribution in [0.15, 0.2) is 24.5 Å². The molecule has 3 saturated carbocycles. The molecule has 12 heteroatoms. The molecule has 6 rings (SSSR count). The lowest BCUT2D eigenvalue weighted by Crippen LogP contribution is -2.75. The van der Waals surface area contributed by atoms with Crippen LogP contribution in [0.3, 0.4) is 0 Å². The topological polar surface area (TPSA) is 82.3 Å². The van der Waals surface area contributed by atoms with Crippen molar-refractivity contribution in [1.29, 1.82) is 0 Å². The molecule has 1 saturated heterocycles. The molecule has 0 radical (unpaired) electrons. The molecule has 2 bridgehead atoms. The van der Waals surface area contributed by atoms with Gasteiger partial charge < -0.3 is 14.4 Å². The first kappa shape index (κ1) is 22.7. The average Bonchev–Trinajstić information content (AvgIpc) is 3.17. The van der Waals surface area contributed by atoms with Gasteiger partial charge in [-0.15, -0.1) is 5.10 Å². The molecule has 1 N–H and O–H groups in total. The molecule has 2 aromatic rings. The number of rotatable bonds is 6. The van der Waals surface area contributed by atoms with Gasteiger partial charge >= 0.3 is 7.12 Å². The van der Waals surface area contributed by atoms with E-state index in [0.717, 1.165) is 23.1 Å². The molecule has 7 nitrogen and oxygen atoms in total. The summed E-state index contributed by atoms with van der Waals surface area (Å²) in [5.74, 6) is -5.98.